The van der Waals surface area contributed by atoms with Gasteiger partial charge in [-0.2, -0.15) is 0 Å². The number of anilines is 1. The summed E-state index contributed by atoms with van der Waals surface area (Å²) in [5.41, 5.74) is 2.74. The van der Waals surface area contributed by atoms with Crippen molar-refractivity contribution in [2.24, 2.45) is 5.92 Å². The molecule has 0 bridgehead atoms. The maximum Gasteiger partial charge on any atom is 0.0368 e. The number of benzene rings is 1. The first-order chi connectivity index (χ1) is 7.79. The largest absolute Gasteiger partial charge is 0.372 e. The van der Waals surface area contributed by atoms with Crippen LogP contribution < -0.4 is 4.90 Å². The van der Waals surface area contributed by atoms with E-state index < -0.39 is 0 Å². The van der Waals surface area contributed by atoms with Gasteiger partial charge in [0.1, 0.15) is 0 Å². The minimum atomic E-state index is 0.860. The van der Waals surface area contributed by atoms with Crippen molar-refractivity contribution < 1.29 is 0 Å². The second-order valence-corrected chi connectivity index (χ2v) is 4.79. The Kier molecular flexibility index (Phi) is 3.66. The second kappa shape index (κ2) is 5.20. The summed E-state index contributed by atoms with van der Waals surface area (Å²) in [7, 11) is 0. The van der Waals surface area contributed by atoms with E-state index in [1.807, 2.05) is 0 Å². The normalized spacial score (nSPS) is 17.4. The molecule has 1 aromatic carbocycles. The molecule has 1 saturated heterocycles. The van der Waals surface area contributed by atoms with Gasteiger partial charge >= 0.3 is 0 Å². The molecule has 1 aliphatic rings. The lowest BCUT2D eigenvalue weighted by atomic mass is 9.93. The van der Waals surface area contributed by atoms with Crippen LogP contribution in [-0.2, 0) is 0 Å². The molecule has 1 heterocycles. The van der Waals surface area contributed by atoms with Crippen LogP contribution in [-0.4, -0.2) is 13.1 Å². The molecule has 16 heavy (non-hydrogen) atoms. The number of hydrogen-bond donors (Lipinski definition) is 0. The van der Waals surface area contributed by atoms with E-state index >= 15 is 0 Å². The van der Waals surface area contributed by atoms with Gasteiger partial charge in [-0.3, -0.25) is 0 Å². The van der Waals surface area contributed by atoms with Crippen molar-refractivity contribution in [3.05, 3.63) is 42.5 Å². The summed E-state index contributed by atoms with van der Waals surface area (Å²) < 4.78 is 0. The Hall–Kier alpha value is -1.24. The van der Waals surface area contributed by atoms with Gasteiger partial charge in [-0.1, -0.05) is 18.2 Å². The van der Waals surface area contributed by atoms with Crippen molar-refractivity contribution in [3.8, 4) is 0 Å². The summed E-state index contributed by atoms with van der Waals surface area (Å²) in [6.45, 7) is 8.38. The molecule has 1 nitrogen and oxygen atoms in total. The zero-order chi connectivity index (χ0) is 11.4. The lowest BCUT2D eigenvalue weighted by molar-refractivity contribution is 0.410. The fourth-order valence-electron chi connectivity index (χ4n) is 2.49. The molecule has 0 atom stereocenters. The number of aryl methyl sites for hydroxylation is 1. The van der Waals surface area contributed by atoms with Crippen LogP contribution in [0.4, 0.5) is 5.69 Å². The Balaban J connectivity index is 1.96. The molecule has 0 radical (unpaired) electrons. The molecule has 0 saturated carbocycles. The van der Waals surface area contributed by atoms with Crippen molar-refractivity contribution >= 4 is 5.69 Å². The standard InChI is InChI=1S/C15H21N/c1-3-5-14-8-10-16(11-9-14)15-7-4-6-13(2)12-15/h3-4,6-7,12,14H,1,5,8-11H2,2H3. The summed E-state index contributed by atoms with van der Waals surface area (Å²) in [5.74, 6) is 0.860. The van der Waals surface area contributed by atoms with E-state index in [2.05, 4.69) is 48.7 Å². The molecule has 0 aromatic heterocycles. The lowest BCUT2D eigenvalue weighted by Crippen LogP contribution is -2.33. The van der Waals surface area contributed by atoms with Gasteiger partial charge in [0.2, 0.25) is 0 Å². The Morgan fingerprint density at radius 2 is 2.12 bits per heavy atom. The van der Waals surface area contributed by atoms with Gasteiger partial charge < -0.3 is 4.90 Å². The van der Waals surface area contributed by atoms with Crippen LogP contribution in [0.25, 0.3) is 0 Å². The fraction of sp³-hybridized carbons (Fsp3) is 0.467. The first-order valence-electron chi connectivity index (χ1n) is 6.22. The summed E-state index contributed by atoms with van der Waals surface area (Å²) in [6, 6.07) is 8.82. The topological polar surface area (TPSA) is 3.24 Å². The molecule has 1 fully saturated rings. The highest BCUT2D eigenvalue weighted by atomic mass is 15.1. The summed E-state index contributed by atoms with van der Waals surface area (Å²) >= 11 is 0. The number of rotatable bonds is 3. The van der Waals surface area contributed by atoms with Crippen LogP contribution in [0.5, 0.6) is 0 Å². The number of allylic oxidation sites excluding steroid dienone is 1. The Morgan fingerprint density at radius 3 is 2.75 bits per heavy atom. The third kappa shape index (κ3) is 2.66. The van der Waals surface area contributed by atoms with Gasteiger partial charge in [-0.25, -0.2) is 0 Å². The average molecular weight is 215 g/mol. The number of nitrogens with zero attached hydrogens (tertiary/aromatic N) is 1. The number of hydrogen-bond acceptors (Lipinski definition) is 1. The van der Waals surface area contributed by atoms with Crippen LogP contribution in [0.3, 0.4) is 0 Å². The second-order valence-electron chi connectivity index (χ2n) is 4.79. The summed E-state index contributed by atoms with van der Waals surface area (Å²) in [4.78, 5) is 2.51. The average Bonchev–Trinajstić information content (AvgIpc) is 2.30. The van der Waals surface area contributed by atoms with E-state index in [1.54, 1.807) is 0 Å². The third-order valence-corrected chi connectivity index (χ3v) is 3.48. The minimum Gasteiger partial charge on any atom is -0.372 e. The van der Waals surface area contributed by atoms with E-state index in [1.165, 1.54) is 43.6 Å². The van der Waals surface area contributed by atoms with Gasteiger partial charge in [0.05, 0.1) is 0 Å². The summed E-state index contributed by atoms with van der Waals surface area (Å²) in [5, 5.41) is 0. The van der Waals surface area contributed by atoms with Crippen molar-refractivity contribution in [1.29, 1.82) is 0 Å². The Bertz CT molecular complexity index is 348. The van der Waals surface area contributed by atoms with Crippen LogP contribution in [0.1, 0.15) is 24.8 Å². The predicted molar refractivity (Wildman–Crippen MR) is 70.9 cm³/mol. The van der Waals surface area contributed by atoms with Crippen LogP contribution >= 0.6 is 0 Å². The van der Waals surface area contributed by atoms with Gasteiger partial charge in [0, 0.05) is 18.8 Å². The molecule has 2 rings (SSSR count). The molecular weight excluding hydrogens is 194 g/mol. The van der Waals surface area contributed by atoms with Crippen LogP contribution in [0.15, 0.2) is 36.9 Å². The molecule has 0 spiro atoms. The maximum absolute atomic E-state index is 3.83. The van der Waals surface area contributed by atoms with E-state index in [4.69, 9.17) is 0 Å². The lowest BCUT2D eigenvalue weighted by Gasteiger charge is -2.33. The van der Waals surface area contributed by atoms with E-state index in [0.29, 0.717) is 0 Å². The van der Waals surface area contributed by atoms with Crippen LogP contribution in [0, 0.1) is 12.8 Å². The Morgan fingerprint density at radius 1 is 1.38 bits per heavy atom. The predicted octanol–water partition coefficient (Wildman–Crippen LogP) is 3.79. The number of piperidine rings is 1. The van der Waals surface area contributed by atoms with Crippen molar-refractivity contribution in [3.63, 3.8) is 0 Å². The molecular formula is C15H21N. The van der Waals surface area contributed by atoms with Gasteiger partial charge in [0.15, 0.2) is 0 Å². The molecule has 1 aliphatic heterocycles. The maximum atomic E-state index is 3.83. The quantitative estimate of drug-likeness (QED) is 0.693. The highest BCUT2D eigenvalue weighted by Gasteiger charge is 2.18. The van der Waals surface area contributed by atoms with E-state index in [9.17, 15) is 0 Å². The molecule has 0 aliphatic carbocycles. The zero-order valence-corrected chi connectivity index (χ0v) is 10.2. The van der Waals surface area contributed by atoms with Crippen LogP contribution in [0.2, 0.25) is 0 Å². The minimum absolute atomic E-state index is 0.860. The van der Waals surface area contributed by atoms with Gasteiger partial charge in [-0.15, -0.1) is 6.58 Å². The van der Waals surface area contributed by atoms with E-state index in [0.717, 1.165) is 5.92 Å². The first-order valence-corrected chi connectivity index (χ1v) is 6.22. The molecule has 0 N–H and O–H groups in total. The molecule has 1 heteroatoms. The van der Waals surface area contributed by atoms with E-state index in [-0.39, 0.29) is 0 Å². The van der Waals surface area contributed by atoms with Gasteiger partial charge in [0.25, 0.3) is 0 Å². The smallest absolute Gasteiger partial charge is 0.0368 e. The first kappa shape index (κ1) is 11.3. The zero-order valence-electron chi connectivity index (χ0n) is 10.2. The highest BCUT2D eigenvalue weighted by molar-refractivity contribution is 5.48. The van der Waals surface area contributed by atoms with Crippen molar-refractivity contribution in [1.82, 2.24) is 0 Å². The highest BCUT2D eigenvalue weighted by Crippen LogP contribution is 2.25. The van der Waals surface area contributed by atoms with Crippen molar-refractivity contribution in [2.45, 2.75) is 26.2 Å². The Labute approximate surface area is 98.8 Å². The molecule has 1 aromatic rings. The monoisotopic (exact) mass is 215 g/mol. The summed E-state index contributed by atoms with van der Waals surface area (Å²) in [6.07, 6.45) is 5.86. The van der Waals surface area contributed by atoms with Gasteiger partial charge in [-0.05, 0) is 49.8 Å². The molecule has 0 unspecified atom stereocenters. The third-order valence-electron chi connectivity index (χ3n) is 3.48. The SMILES string of the molecule is C=CCC1CCN(c2cccc(C)c2)CC1. The molecule has 0 amide bonds. The molecule has 86 valence electrons. The van der Waals surface area contributed by atoms with Crippen molar-refractivity contribution in [2.75, 3.05) is 18.0 Å². The fourth-order valence-corrected chi connectivity index (χ4v) is 2.49.